The Morgan fingerprint density at radius 3 is 2.16 bits per heavy atom. The summed E-state index contributed by atoms with van der Waals surface area (Å²) in [6.45, 7) is 2.93. The lowest BCUT2D eigenvalue weighted by Gasteiger charge is -2.29. The number of esters is 2. The van der Waals surface area contributed by atoms with Gasteiger partial charge in [-0.1, -0.05) is 12.1 Å². The SMILES string of the molecule is CC1(C)OC(=O)C(=Cc2ccc(-c3ccc(C(=O)O)cc3)o2)C(=O)O1. The monoisotopic (exact) mass is 342 g/mol. The maximum atomic E-state index is 11.9. The van der Waals surface area contributed by atoms with Crippen molar-refractivity contribution in [2.75, 3.05) is 0 Å². The van der Waals surface area contributed by atoms with E-state index >= 15 is 0 Å². The van der Waals surface area contributed by atoms with E-state index in [1.165, 1.54) is 32.1 Å². The molecular weight excluding hydrogens is 328 g/mol. The Bertz CT molecular complexity index is 862. The van der Waals surface area contributed by atoms with E-state index in [9.17, 15) is 14.4 Å². The first-order valence-corrected chi connectivity index (χ1v) is 7.37. The number of cyclic esters (lactones) is 2. The second-order valence-electron chi connectivity index (χ2n) is 5.82. The maximum absolute atomic E-state index is 11.9. The van der Waals surface area contributed by atoms with E-state index in [2.05, 4.69) is 0 Å². The van der Waals surface area contributed by atoms with Crippen LogP contribution in [0, 0.1) is 0 Å². The van der Waals surface area contributed by atoms with Gasteiger partial charge in [-0.05, 0) is 24.3 Å². The molecule has 0 bridgehead atoms. The van der Waals surface area contributed by atoms with Gasteiger partial charge < -0.3 is 19.0 Å². The molecule has 1 fully saturated rings. The Balaban J connectivity index is 1.85. The van der Waals surface area contributed by atoms with Crippen LogP contribution in [0.5, 0.6) is 0 Å². The second-order valence-corrected chi connectivity index (χ2v) is 5.82. The van der Waals surface area contributed by atoms with Gasteiger partial charge in [0.2, 0.25) is 0 Å². The molecule has 25 heavy (non-hydrogen) atoms. The number of carbonyl (C=O) groups excluding carboxylic acids is 2. The summed E-state index contributed by atoms with van der Waals surface area (Å²) in [6, 6.07) is 9.33. The number of benzene rings is 1. The summed E-state index contributed by atoms with van der Waals surface area (Å²) < 4.78 is 15.6. The Labute approximate surface area is 142 Å². The Morgan fingerprint density at radius 2 is 1.60 bits per heavy atom. The van der Waals surface area contributed by atoms with Gasteiger partial charge in [0.1, 0.15) is 17.1 Å². The highest BCUT2D eigenvalue weighted by molar-refractivity contribution is 6.18. The molecule has 2 heterocycles. The number of aromatic carboxylic acids is 1. The Hall–Kier alpha value is -3.35. The van der Waals surface area contributed by atoms with Crippen LogP contribution in [0.25, 0.3) is 17.4 Å². The van der Waals surface area contributed by atoms with Gasteiger partial charge in [-0.15, -0.1) is 0 Å². The van der Waals surface area contributed by atoms with E-state index < -0.39 is 23.7 Å². The first-order valence-electron chi connectivity index (χ1n) is 7.37. The Kier molecular flexibility index (Phi) is 3.92. The fourth-order valence-electron chi connectivity index (χ4n) is 2.28. The first kappa shape index (κ1) is 16.5. The topological polar surface area (TPSA) is 103 Å². The van der Waals surface area contributed by atoms with Crippen molar-refractivity contribution in [2.24, 2.45) is 0 Å². The van der Waals surface area contributed by atoms with Crippen molar-refractivity contribution in [3.8, 4) is 11.3 Å². The van der Waals surface area contributed by atoms with Crippen molar-refractivity contribution in [3.05, 3.63) is 53.3 Å². The van der Waals surface area contributed by atoms with Gasteiger partial charge in [0, 0.05) is 25.5 Å². The number of carboxylic acids is 1. The standard InChI is InChI=1S/C18H14O7/c1-18(2)24-16(21)13(17(22)25-18)9-12-7-8-14(23-12)10-3-5-11(6-4-10)15(19)20/h3-9H,1-2H3,(H,19,20). The Morgan fingerprint density at radius 1 is 1.00 bits per heavy atom. The molecule has 0 atom stereocenters. The largest absolute Gasteiger partial charge is 0.478 e. The highest BCUT2D eigenvalue weighted by atomic mass is 16.7. The van der Waals surface area contributed by atoms with E-state index in [4.69, 9.17) is 19.0 Å². The molecule has 0 radical (unpaired) electrons. The highest BCUT2D eigenvalue weighted by Crippen LogP contribution is 2.27. The average molecular weight is 342 g/mol. The summed E-state index contributed by atoms with van der Waals surface area (Å²) in [4.78, 5) is 34.7. The number of hydrogen-bond acceptors (Lipinski definition) is 6. The van der Waals surface area contributed by atoms with Crippen LogP contribution in [-0.4, -0.2) is 28.8 Å². The average Bonchev–Trinajstić information content (AvgIpc) is 2.99. The van der Waals surface area contributed by atoms with Crippen LogP contribution in [0.4, 0.5) is 0 Å². The van der Waals surface area contributed by atoms with Gasteiger partial charge in [-0.3, -0.25) is 0 Å². The molecule has 0 amide bonds. The zero-order chi connectivity index (χ0) is 18.2. The first-order chi connectivity index (χ1) is 11.7. The molecular formula is C18H14O7. The van der Waals surface area contributed by atoms with Crippen LogP contribution in [0.2, 0.25) is 0 Å². The van der Waals surface area contributed by atoms with Gasteiger partial charge in [0.15, 0.2) is 0 Å². The van der Waals surface area contributed by atoms with Crippen molar-refractivity contribution in [1.82, 2.24) is 0 Å². The minimum absolute atomic E-state index is 0.160. The molecule has 7 nitrogen and oxygen atoms in total. The zero-order valence-corrected chi connectivity index (χ0v) is 13.4. The minimum Gasteiger partial charge on any atom is -0.478 e. The van der Waals surface area contributed by atoms with Crippen LogP contribution in [0.15, 0.2) is 46.4 Å². The van der Waals surface area contributed by atoms with Crippen molar-refractivity contribution in [2.45, 2.75) is 19.6 Å². The molecule has 1 N–H and O–H groups in total. The van der Waals surface area contributed by atoms with Crippen LogP contribution in [0.3, 0.4) is 0 Å². The lowest BCUT2D eigenvalue weighted by atomic mass is 10.1. The van der Waals surface area contributed by atoms with Gasteiger partial charge in [-0.25, -0.2) is 14.4 Å². The van der Waals surface area contributed by atoms with Crippen LogP contribution < -0.4 is 0 Å². The number of rotatable bonds is 3. The molecule has 1 aliphatic heterocycles. The third kappa shape index (κ3) is 3.45. The van der Waals surface area contributed by atoms with Gasteiger partial charge in [0.05, 0.1) is 5.56 Å². The number of furan rings is 1. The van der Waals surface area contributed by atoms with Crippen molar-refractivity contribution < 1.29 is 33.4 Å². The van der Waals surface area contributed by atoms with Crippen molar-refractivity contribution in [3.63, 3.8) is 0 Å². The summed E-state index contributed by atoms with van der Waals surface area (Å²) >= 11 is 0. The molecule has 3 rings (SSSR count). The van der Waals surface area contributed by atoms with Gasteiger partial charge >= 0.3 is 17.9 Å². The van der Waals surface area contributed by atoms with Gasteiger partial charge in [-0.2, -0.15) is 0 Å². The van der Waals surface area contributed by atoms with E-state index in [0.29, 0.717) is 11.3 Å². The van der Waals surface area contributed by atoms with Gasteiger partial charge in [0.25, 0.3) is 5.79 Å². The van der Waals surface area contributed by atoms with E-state index in [-0.39, 0.29) is 16.9 Å². The fraction of sp³-hybridized carbons (Fsp3) is 0.167. The van der Waals surface area contributed by atoms with E-state index in [0.717, 1.165) is 0 Å². The number of ether oxygens (including phenoxy) is 2. The summed E-state index contributed by atoms with van der Waals surface area (Å²) in [5, 5.41) is 8.90. The molecule has 0 saturated carbocycles. The van der Waals surface area contributed by atoms with E-state index in [1.807, 2.05) is 0 Å². The summed E-state index contributed by atoms with van der Waals surface area (Å²) in [7, 11) is 0. The van der Waals surface area contributed by atoms with Crippen molar-refractivity contribution >= 4 is 24.0 Å². The molecule has 7 heteroatoms. The number of carbonyl (C=O) groups is 3. The molecule has 128 valence electrons. The molecule has 2 aromatic rings. The molecule has 1 aromatic carbocycles. The van der Waals surface area contributed by atoms with Crippen LogP contribution in [0.1, 0.15) is 30.0 Å². The summed E-state index contributed by atoms with van der Waals surface area (Å²) in [5.41, 5.74) is 0.555. The number of hydrogen-bond donors (Lipinski definition) is 1. The lowest BCUT2D eigenvalue weighted by Crippen LogP contribution is -2.41. The fourth-order valence-corrected chi connectivity index (χ4v) is 2.28. The normalized spacial score (nSPS) is 16.2. The molecule has 1 aliphatic rings. The molecule has 0 unspecified atom stereocenters. The highest BCUT2D eigenvalue weighted by Gasteiger charge is 2.39. The maximum Gasteiger partial charge on any atom is 0.348 e. The molecule has 1 aromatic heterocycles. The molecule has 0 spiro atoms. The lowest BCUT2D eigenvalue weighted by molar-refractivity contribution is -0.222. The third-order valence-electron chi connectivity index (χ3n) is 3.45. The third-order valence-corrected chi connectivity index (χ3v) is 3.45. The predicted octanol–water partition coefficient (Wildman–Crippen LogP) is 2.86. The summed E-state index contributed by atoms with van der Waals surface area (Å²) in [6.07, 6.45) is 1.25. The zero-order valence-electron chi connectivity index (χ0n) is 13.4. The smallest absolute Gasteiger partial charge is 0.348 e. The van der Waals surface area contributed by atoms with Crippen molar-refractivity contribution in [1.29, 1.82) is 0 Å². The molecule has 0 aliphatic carbocycles. The predicted molar refractivity (Wildman–Crippen MR) is 85.3 cm³/mol. The van der Waals surface area contributed by atoms with E-state index in [1.54, 1.807) is 24.3 Å². The minimum atomic E-state index is -1.30. The van der Waals surface area contributed by atoms with Crippen LogP contribution >= 0.6 is 0 Å². The van der Waals surface area contributed by atoms with Crippen LogP contribution in [-0.2, 0) is 19.1 Å². The second kappa shape index (κ2) is 5.94. The quantitative estimate of drug-likeness (QED) is 0.519. The number of carboxylic acid groups (broad SMARTS) is 1. The molecule has 1 saturated heterocycles. The summed E-state index contributed by atoms with van der Waals surface area (Å²) in [5.74, 6) is -3.17.